The molecule has 3 nitrogen and oxygen atoms in total. The lowest BCUT2D eigenvalue weighted by Crippen LogP contribution is -2.37. The first-order valence-electron chi connectivity index (χ1n) is 7.96. The molecule has 2 aromatic carbocycles. The van der Waals surface area contributed by atoms with Crippen LogP contribution in [-0.2, 0) is 16.6 Å². The summed E-state index contributed by atoms with van der Waals surface area (Å²) in [4.78, 5) is 12.6. The zero-order valence-corrected chi connectivity index (χ0v) is 13.1. The van der Waals surface area contributed by atoms with Gasteiger partial charge in [0.25, 0.3) is 0 Å². The molecule has 3 rings (SSSR count). The first-order valence-corrected chi connectivity index (χ1v) is 7.96. The number of aliphatic hydroxyl groups excluding tert-OH is 1. The van der Waals surface area contributed by atoms with E-state index in [4.69, 9.17) is 0 Å². The normalized spacial score (nSPS) is 22.2. The molecule has 2 atom stereocenters. The Bertz CT molecular complexity index is 735. The summed E-state index contributed by atoms with van der Waals surface area (Å²) < 4.78 is 26.7. The first kappa shape index (κ1) is 16.6. The fourth-order valence-electron chi connectivity index (χ4n) is 3.21. The summed E-state index contributed by atoms with van der Waals surface area (Å²) in [6, 6.07) is 13.3. The summed E-state index contributed by atoms with van der Waals surface area (Å²) in [6.45, 7) is 0.289. The predicted octanol–water partition coefficient (Wildman–Crippen LogP) is 2.57. The molecule has 0 radical (unpaired) electrons. The largest absolute Gasteiger partial charge is 0.396 e. The van der Waals surface area contributed by atoms with E-state index in [0.717, 1.165) is 17.7 Å². The summed E-state index contributed by atoms with van der Waals surface area (Å²) in [5.74, 6) is -2.44. The van der Waals surface area contributed by atoms with Gasteiger partial charge in [0.1, 0.15) is 0 Å². The third-order valence-corrected chi connectivity index (χ3v) is 4.71. The molecule has 1 amide bonds. The summed E-state index contributed by atoms with van der Waals surface area (Å²) in [5, 5.41) is 12.3. The molecule has 0 bridgehead atoms. The van der Waals surface area contributed by atoms with Crippen LogP contribution < -0.4 is 5.32 Å². The third-order valence-electron chi connectivity index (χ3n) is 4.71. The second-order valence-corrected chi connectivity index (χ2v) is 6.18. The SMILES string of the molecule is O=C(NCCc1ccccc1)[C@@]1(c2ccc(F)c(F)c2)C[C@H]1CO. The topological polar surface area (TPSA) is 49.3 Å². The molecule has 2 N–H and O–H groups in total. The van der Waals surface area contributed by atoms with E-state index < -0.39 is 17.0 Å². The molecule has 1 aliphatic rings. The molecular formula is C19H19F2NO2. The summed E-state index contributed by atoms with van der Waals surface area (Å²) >= 11 is 0. The van der Waals surface area contributed by atoms with E-state index in [-0.39, 0.29) is 18.4 Å². The monoisotopic (exact) mass is 331 g/mol. The molecule has 1 saturated carbocycles. The van der Waals surface area contributed by atoms with Gasteiger partial charge in [0.15, 0.2) is 11.6 Å². The Hall–Kier alpha value is -2.27. The molecule has 0 aliphatic heterocycles. The van der Waals surface area contributed by atoms with E-state index in [1.807, 2.05) is 30.3 Å². The molecule has 1 aliphatic carbocycles. The predicted molar refractivity (Wildman–Crippen MR) is 86.4 cm³/mol. The molecule has 1 fully saturated rings. The van der Waals surface area contributed by atoms with E-state index in [1.54, 1.807) is 0 Å². The van der Waals surface area contributed by atoms with Crippen LogP contribution in [0.4, 0.5) is 8.78 Å². The van der Waals surface area contributed by atoms with Crippen molar-refractivity contribution in [1.29, 1.82) is 0 Å². The van der Waals surface area contributed by atoms with Crippen molar-refractivity contribution in [3.8, 4) is 0 Å². The Morgan fingerprint density at radius 2 is 1.92 bits per heavy atom. The smallest absolute Gasteiger partial charge is 0.231 e. The number of nitrogens with one attached hydrogen (secondary N) is 1. The summed E-state index contributed by atoms with van der Waals surface area (Å²) in [5.41, 5.74) is 0.562. The lowest BCUT2D eigenvalue weighted by atomic mass is 9.92. The summed E-state index contributed by atoms with van der Waals surface area (Å²) in [7, 11) is 0. The highest BCUT2D eigenvalue weighted by Crippen LogP contribution is 2.54. The molecule has 126 valence electrons. The van der Waals surface area contributed by atoms with Crippen molar-refractivity contribution in [3.63, 3.8) is 0 Å². The van der Waals surface area contributed by atoms with Crippen molar-refractivity contribution in [2.75, 3.05) is 13.2 Å². The number of amides is 1. The van der Waals surface area contributed by atoms with E-state index >= 15 is 0 Å². The second-order valence-electron chi connectivity index (χ2n) is 6.18. The quantitative estimate of drug-likeness (QED) is 0.855. The van der Waals surface area contributed by atoms with E-state index in [2.05, 4.69) is 5.32 Å². The average Bonchev–Trinajstić information content (AvgIpc) is 3.34. The van der Waals surface area contributed by atoms with Crippen LogP contribution in [0.5, 0.6) is 0 Å². The Kier molecular flexibility index (Phi) is 4.62. The molecule has 5 heteroatoms. The number of carbonyl (C=O) groups excluding carboxylic acids is 1. The molecule has 0 aromatic heterocycles. The van der Waals surface area contributed by atoms with Crippen LogP contribution in [0.25, 0.3) is 0 Å². The van der Waals surface area contributed by atoms with Gasteiger partial charge < -0.3 is 10.4 Å². The lowest BCUT2D eigenvalue weighted by Gasteiger charge is -2.18. The highest BCUT2D eigenvalue weighted by Gasteiger charge is 2.60. The molecule has 2 aromatic rings. The van der Waals surface area contributed by atoms with Crippen molar-refractivity contribution in [1.82, 2.24) is 5.32 Å². The van der Waals surface area contributed by atoms with Gasteiger partial charge in [-0.25, -0.2) is 8.78 Å². The maximum atomic E-state index is 13.5. The fraction of sp³-hybridized carbons (Fsp3) is 0.316. The average molecular weight is 331 g/mol. The Balaban J connectivity index is 1.71. The molecule has 0 heterocycles. The Labute approximate surface area is 139 Å². The molecule has 24 heavy (non-hydrogen) atoms. The van der Waals surface area contributed by atoms with Crippen LogP contribution in [0, 0.1) is 17.6 Å². The van der Waals surface area contributed by atoms with Gasteiger partial charge in [-0.1, -0.05) is 36.4 Å². The van der Waals surface area contributed by atoms with Crippen LogP contribution in [-0.4, -0.2) is 24.2 Å². The van der Waals surface area contributed by atoms with Crippen molar-refractivity contribution < 1.29 is 18.7 Å². The molecule has 0 spiro atoms. The van der Waals surface area contributed by atoms with E-state index in [1.165, 1.54) is 6.07 Å². The minimum atomic E-state index is -0.979. The Morgan fingerprint density at radius 1 is 1.17 bits per heavy atom. The first-order chi connectivity index (χ1) is 11.6. The van der Waals surface area contributed by atoms with Gasteiger partial charge in [0, 0.05) is 19.1 Å². The minimum Gasteiger partial charge on any atom is -0.396 e. The van der Waals surface area contributed by atoms with Gasteiger partial charge in [-0.3, -0.25) is 4.79 Å². The molecule has 0 saturated heterocycles. The van der Waals surface area contributed by atoms with Crippen molar-refractivity contribution >= 4 is 5.91 Å². The van der Waals surface area contributed by atoms with Crippen molar-refractivity contribution in [3.05, 3.63) is 71.3 Å². The maximum absolute atomic E-state index is 13.5. The number of halogens is 2. The van der Waals surface area contributed by atoms with Crippen molar-refractivity contribution in [2.24, 2.45) is 5.92 Å². The maximum Gasteiger partial charge on any atom is 0.231 e. The number of aliphatic hydroxyl groups is 1. The number of hydrogen-bond acceptors (Lipinski definition) is 2. The highest BCUT2D eigenvalue weighted by molar-refractivity contribution is 5.92. The highest BCUT2D eigenvalue weighted by atomic mass is 19.2. The van der Waals surface area contributed by atoms with Gasteiger partial charge in [-0.05, 0) is 36.1 Å². The minimum absolute atomic E-state index is 0.162. The number of carbonyl (C=O) groups is 1. The van der Waals surface area contributed by atoms with Gasteiger partial charge in [-0.2, -0.15) is 0 Å². The summed E-state index contributed by atoms with van der Waals surface area (Å²) in [6.07, 6.45) is 1.12. The number of benzene rings is 2. The van der Waals surface area contributed by atoms with Crippen molar-refractivity contribution in [2.45, 2.75) is 18.3 Å². The van der Waals surface area contributed by atoms with Gasteiger partial charge in [-0.15, -0.1) is 0 Å². The molecular weight excluding hydrogens is 312 g/mol. The second kappa shape index (κ2) is 6.69. The van der Waals surface area contributed by atoms with Crippen LogP contribution >= 0.6 is 0 Å². The van der Waals surface area contributed by atoms with Gasteiger partial charge >= 0.3 is 0 Å². The third kappa shape index (κ3) is 3.04. The lowest BCUT2D eigenvalue weighted by molar-refractivity contribution is -0.124. The van der Waals surface area contributed by atoms with Gasteiger partial charge in [0.05, 0.1) is 5.41 Å². The fourth-order valence-corrected chi connectivity index (χ4v) is 3.21. The zero-order chi connectivity index (χ0) is 17.2. The van der Waals surface area contributed by atoms with E-state index in [9.17, 15) is 18.7 Å². The van der Waals surface area contributed by atoms with Crippen LogP contribution in [0.1, 0.15) is 17.5 Å². The standard InChI is InChI=1S/C19H19F2NO2/c20-16-7-6-14(10-17(16)21)19(11-15(19)12-23)18(24)22-9-8-13-4-2-1-3-5-13/h1-7,10,15,23H,8-9,11-12H2,(H,22,24)/t15-,19+/m0/s1. The zero-order valence-electron chi connectivity index (χ0n) is 13.1. The Morgan fingerprint density at radius 3 is 2.54 bits per heavy atom. The van der Waals surface area contributed by atoms with E-state index in [0.29, 0.717) is 24.9 Å². The number of rotatable bonds is 6. The van der Waals surface area contributed by atoms with Crippen LogP contribution in [0.2, 0.25) is 0 Å². The van der Waals surface area contributed by atoms with Gasteiger partial charge in [0.2, 0.25) is 5.91 Å². The van der Waals surface area contributed by atoms with Crippen LogP contribution in [0.15, 0.2) is 48.5 Å². The van der Waals surface area contributed by atoms with Crippen LogP contribution in [0.3, 0.4) is 0 Å². The molecule has 0 unspecified atom stereocenters. The number of hydrogen-bond donors (Lipinski definition) is 2.